The molecule has 0 bridgehead atoms. The molecule has 0 saturated carbocycles. The van der Waals surface area contributed by atoms with E-state index in [1.807, 2.05) is 0 Å². The van der Waals surface area contributed by atoms with Gasteiger partial charge in [-0.25, -0.2) is 0 Å². The van der Waals surface area contributed by atoms with Gasteiger partial charge in [0.2, 0.25) is 0 Å². The predicted octanol–water partition coefficient (Wildman–Crippen LogP) is 2.42. The minimum Gasteiger partial charge on any atom is -0.504 e. The Kier molecular flexibility index (Phi) is 2.51. The Morgan fingerprint density at radius 3 is 2.54 bits per heavy atom. The molecule has 0 fully saturated rings. The first-order chi connectivity index (χ1) is 6.11. The van der Waals surface area contributed by atoms with E-state index >= 15 is 0 Å². The van der Waals surface area contributed by atoms with Crippen molar-refractivity contribution in [3.05, 3.63) is 22.1 Å². The lowest BCUT2D eigenvalue weighted by molar-refractivity contribution is 0.371. The Bertz CT molecular complexity index is 347. The third-order valence-corrected chi connectivity index (χ3v) is 1.95. The van der Waals surface area contributed by atoms with Gasteiger partial charge in [-0.15, -0.1) is 4.91 Å². The van der Waals surface area contributed by atoms with Crippen molar-refractivity contribution in [3.63, 3.8) is 0 Å². The Morgan fingerprint density at radius 1 is 1.46 bits per heavy atom. The van der Waals surface area contributed by atoms with Crippen LogP contribution in [0.1, 0.15) is 11.1 Å². The number of rotatable bonds is 2. The Morgan fingerprint density at radius 2 is 2.08 bits per heavy atom. The minimum absolute atomic E-state index is 0.0323. The van der Waals surface area contributed by atoms with E-state index in [0.29, 0.717) is 22.6 Å². The Balaban J connectivity index is 3.47. The van der Waals surface area contributed by atoms with Crippen LogP contribution in [0.3, 0.4) is 0 Å². The SMILES string of the molecule is COc1c(O)cc(C)c(N=O)c1C. The van der Waals surface area contributed by atoms with Crippen molar-refractivity contribution in [3.8, 4) is 11.5 Å². The van der Waals surface area contributed by atoms with Crippen molar-refractivity contribution in [2.75, 3.05) is 7.11 Å². The fourth-order valence-corrected chi connectivity index (χ4v) is 1.33. The van der Waals surface area contributed by atoms with Crippen molar-refractivity contribution in [2.24, 2.45) is 5.18 Å². The molecular weight excluding hydrogens is 170 g/mol. The van der Waals surface area contributed by atoms with Crippen molar-refractivity contribution in [1.82, 2.24) is 0 Å². The normalized spacial score (nSPS) is 9.77. The number of methoxy groups -OCH3 is 1. The number of aryl methyl sites for hydroxylation is 1. The maximum absolute atomic E-state index is 10.4. The number of hydrogen-bond donors (Lipinski definition) is 1. The van der Waals surface area contributed by atoms with Crippen LogP contribution in [0.4, 0.5) is 5.69 Å². The number of phenolic OH excluding ortho intramolecular Hbond substituents is 1. The van der Waals surface area contributed by atoms with E-state index in [0.717, 1.165) is 0 Å². The molecule has 0 heterocycles. The first-order valence-electron chi connectivity index (χ1n) is 3.82. The predicted molar refractivity (Wildman–Crippen MR) is 49.6 cm³/mol. The molecule has 0 aliphatic carbocycles. The number of ether oxygens (including phenoxy) is 1. The highest BCUT2D eigenvalue weighted by Crippen LogP contribution is 2.38. The fourth-order valence-electron chi connectivity index (χ4n) is 1.33. The largest absolute Gasteiger partial charge is 0.504 e. The molecule has 1 aromatic carbocycles. The van der Waals surface area contributed by atoms with E-state index in [1.165, 1.54) is 13.2 Å². The van der Waals surface area contributed by atoms with Gasteiger partial charge >= 0.3 is 0 Å². The second-order valence-corrected chi connectivity index (χ2v) is 2.81. The number of benzene rings is 1. The van der Waals surface area contributed by atoms with Crippen molar-refractivity contribution in [2.45, 2.75) is 13.8 Å². The van der Waals surface area contributed by atoms with E-state index in [4.69, 9.17) is 4.74 Å². The highest BCUT2D eigenvalue weighted by Gasteiger charge is 2.13. The van der Waals surface area contributed by atoms with Gasteiger partial charge in [0, 0.05) is 5.56 Å². The lowest BCUT2D eigenvalue weighted by Crippen LogP contribution is -1.90. The van der Waals surface area contributed by atoms with Gasteiger partial charge in [0.1, 0.15) is 5.69 Å². The van der Waals surface area contributed by atoms with Crippen LogP contribution in [-0.4, -0.2) is 12.2 Å². The molecule has 13 heavy (non-hydrogen) atoms. The molecule has 0 saturated heterocycles. The van der Waals surface area contributed by atoms with Crippen LogP contribution in [-0.2, 0) is 0 Å². The first-order valence-corrected chi connectivity index (χ1v) is 3.82. The molecule has 0 amide bonds. The highest BCUT2D eigenvalue weighted by molar-refractivity contribution is 5.63. The molecule has 1 rings (SSSR count). The van der Waals surface area contributed by atoms with E-state index in [-0.39, 0.29) is 5.75 Å². The maximum atomic E-state index is 10.4. The van der Waals surface area contributed by atoms with Gasteiger partial charge in [0.15, 0.2) is 11.5 Å². The first kappa shape index (κ1) is 9.51. The summed E-state index contributed by atoms with van der Waals surface area (Å²) in [5.74, 6) is 0.338. The Hall–Kier alpha value is -1.58. The van der Waals surface area contributed by atoms with Crippen LogP contribution in [0.25, 0.3) is 0 Å². The summed E-state index contributed by atoms with van der Waals surface area (Å²) in [6.07, 6.45) is 0. The molecule has 0 atom stereocenters. The second kappa shape index (κ2) is 3.43. The average molecular weight is 181 g/mol. The third kappa shape index (κ3) is 1.47. The molecule has 1 N–H and O–H groups in total. The van der Waals surface area contributed by atoms with Crippen molar-refractivity contribution < 1.29 is 9.84 Å². The fraction of sp³-hybridized carbons (Fsp3) is 0.333. The van der Waals surface area contributed by atoms with Crippen LogP contribution in [0, 0.1) is 18.8 Å². The van der Waals surface area contributed by atoms with Crippen molar-refractivity contribution in [1.29, 1.82) is 0 Å². The molecular formula is C9H11NO3. The summed E-state index contributed by atoms with van der Waals surface area (Å²) in [5.41, 5.74) is 1.54. The zero-order valence-corrected chi connectivity index (χ0v) is 7.79. The standard InChI is InChI=1S/C9H11NO3/c1-5-4-7(11)9(13-3)6(2)8(5)10-12/h4,11H,1-3H3. The molecule has 0 aliphatic rings. The molecule has 70 valence electrons. The summed E-state index contributed by atoms with van der Waals surface area (Å²) in [6.45, 7) is 3.39. The van der Waals surface area contributed by atoms with Gasteiger partial charge < -0.3 is 9.84 Å². The summed E-state index contributed by atoms with van der Waals surface area (Å²) in [4.78, 5) is 10.4. The third-order valence-electron chi connectivity index (χ3n) is 1.95. The molecule has 1 aromatic rings. The molecule has 4 heteroatoms. The molecule has 0 aromatic heterocycles. The lowest BCUT2D eigenvalue weighted by atomic mass is 10.1. The highest BCUT2D eigenvalue weighted by atomic mass is 16.5. The zero-order valence-electron chi connectivity index (χ0n) is 7.79. The minimum atomic E-state index is 0.0323. The number of phenols is 1. The summed E-state index contributed by atoms with van der Waals surface area (Å²) in [6, 6.07) is 1.46. The van der Waals surface area contributed by atoms with Gasteiger partial charge in [-0.3, -0.25) is 0 Å². The number of aromatic hydroxyl groups is 1. The smallest absolute Gasteiger partial charge is 0.165 e. The second-order valence-electron chi connectivity index (χ2n) is 2.81. The molecule has 0 spiro atoms. The van der Waals surface area contributed by atoms with Crippen LogP contribution >= 0.6 is 0 Å². The summed E-state index contributed by atoms with van der Waals surface area (Å²) in [7, 11) is 1.44. The summed E-state index contributed by atoms with van der Waals surface area (Å²) >= 11 is 0. The maximum Gasteiger partial charge on any atom is 0.165 e. The van der Waals surface area contributed by atoms with Gasteiger partial charge in [-0.1, -0.05) is 0 Å². The zero-order chi connectivity index (χ0) is 10.0. The van der Waals surface area contributed by atoms with E-state index in [9.17, 15) is 10.0 Å². The van der Waals surface area contributed by atoms with E-state index in [1.54, 1.807) is 13.8 Å². The summed E-state index contributed by atoms with van der Waals surface area (Å²) < 4.78 is 4.92. The molecule has 4 nitrogen and oxygen atoms in total. The average Bonchev–Trinajstić information content (AvgIpc) is 2.04. The monoisotopic (exact) mass is 181 g/mol. The van der Waals surface area contributed by atoms with E-state index in [2.05, 4.69) is 5.18 Å². The van der Waals surface area contributed by atoms with E-state index < -0.39 is 0 Å². The van der Waals surface area contributed by atoms with Crippen molar-refractivity contribution >= 4 is 5.69 Å². The number of nitroso groups, excluding NO2 is 1. The van der Waals surface area contributed by atoms with Crippen LogP contribution in [0.2, 0.25) is 0 Å². The van der Waals surface area contributed by atoms with Gasteiger partial charge in [-0.2, -0.15) is 0 Å². The lowest BCUT2D eigenvalue weighted by Gasteiger charge is -2.09. The molecule has 0 unspecified atom stereocenters. The topological polar surface area (TPSA) is 58.9 Å². The van der Waals surface area contributed by atoms with Crippen LogP contribution < -0.4 is 4.74 Å². The van der Waals surface area contributed by atoms with Crippen LogP contribution in [0.5, 0.6) is 11.5 Å². The van der Waals surface area contributed by atoms with Gasteiger partial charge in [0.05, 0.1) is 7.11 Å². The molecule has 0 aliphatic heterocycles. The quantitative estimate of drug-likeness (QED) is 0.712. The number of nitrogens with zero attached hydrogens (tertiary/aromatic N) is 1. The number of hydrogen-bond acceptors (Lipinski definition) is 4. The van der Waals surface area contributed by atoms with Crippen LogP contribution in [0.15, 0.2) is 11.2 Å². The Labute approximate surface area is 76.1 Å². The molecule has 0 radical (unpaired) electrons. The summed E-state index contributed by atoms with van der Waals surface area (Å²) in [5, 5.41) is 12.3. The van der Waals surface area contributed by atoms with Gasteiger partial charge in [0.25, 0.3) is 0 Å². The van der Waals surface area contributed by atoms with Gasteiger partial charge in [-0.05, 0) is 30.7 Å².